The summed E-state index contributed by atoms with van der Waals surface area (Å²) in [6.07, 6.45) is 0. The van der Waals surface area contributed by atoms with Gasteiger partial charge in [0, 0.05) is 58.0 Å². The van der Waals surface area contributed by atoms with E-state index in [0.717, 1.165) is 80.8 Å². The van der Waals surface area contributed by atoms with E-state index in [9.17, 15) is 0 Å². The van der Waals surface area contributed by atoms with E-state index in [1.54, 1.807) is 0 Å². The zero-order valence-electron chi connectivity index (χ0n) is 18.8. The normalized spacial score (nSPS) is 11.2. The van der Waals surface area contributed by atoms with Crippen molar-refractivity contribution in [2.45, 2.75) is 0 Å². The SMILES string of the molecule is Brc1cc(Br)cc(-c2nc(-c3cc(Br)cc(Br)c3)c(-c3cc(Br)cc(Br)c3)nc2-c2cc(Br)cc(Br)c2)c1. The van der Waals surface area contributed by atoms with Crippen molar-refractivity contribution in [2.75, 3.05) is 0 Å². The molecule has 0 bridgehead atoms. The summed E-state index contributed by atoms with van der Waals surface area (Å²) in [7, 11) is 0. The summed E-state index contributed by atoms with van der Waals surface area (Å²) in [6.45, 7) is 0. The standard InChI is InChI=1S/C28H12Br8N2/c29-17-1-13(2-18(30)9-17)25-26(14-3-19(31)10-20(32)4-14)38-28(16-7-23(35)12-24(36)8-16)27(37-25)15-5-21(33)11-22(34)6-15/h1-12H. The minimum atomic E-state index is 0.765. The van der Waals surface area contributed by atoms with E-state index in [1.165, 1.54) is 0 Å². The molecule has 5 rings (SSSR count). The highest BCUT2D eigenvalue weighted by atomic mass is 79.9. The molecule has 190 valence electrons. The molecule has 10 heteroatoms. The first kappa shape index (κ1) is 29.3. The molecule has 0 unspecified atom stereocenters. The highest BCUT2D eigenvalue weighted by molar-refractivity contribution is 9.12. The maximum Gasteiger partial charge on any atom is 0.0974 e. The van der Waals surface area contributed by atoms with Crippen LogP contribution >= 0.6 is 127 Å². The molecule has 0 saturated carbocycles. The van der Waals surface area contributed by atoms with Crippen molar-refractivity contribution >= 4 is 127 Å². The molecule has 0 atom stereocenters. The average Bonchev–Trinajstić information content (AvgIpc) is 2.81. The number of benzene rings is 4. The third-order valence-electron chi connectivity index (χ3n) is 5.44. The summed E-state index contributed by atoms with van der Waals surface area (Å²) in [5.41, 5.74) is 6.79. The van der Waals surface area contributed by atoms with Gasteiger partial charge >= 0.3 is 0 Å². The van der Waals surface area contributed by atoms with Gasteiger partial charge in [-0.1, -0.05) is 127 Å². The van der Waals surface area contributed by atoms with Crippen molar-refractivity contribution in [2.24, 2.45) is 0 Å². The number of rotatable bonds is 4. The first-order chi connectivity index (χ1) is 18.0. The van der Waals surface area contributed by atoms with Crippen LogP contribution in [0.5, 0.6) is 0 Å². The first-order valence-corrected chi connectivity index (χ1v) is 17.2. The van der Waals surface area contributed by atoms with Crippen LogP contribution in [0, 0.1) is 0 Å². The number of hydrogen-bond donors (Lipinski definition) is 0. The van der Waals surface area contributed by atoms with Gasteiger partial charge in [-0.15, -0.1) is 0 Å². The predicted molar refractivity (Wildman–Crippen MR) is 185 cm³/mol. The van der Waals surface area contributed by atoms with Gasteiger partial charge in [-0.05, 0) is 72.8 Å². The number of nitrogens with zero attached hydrogens (tertiary/aromatic N) is 2. The van der Waals surface area contributed by atoms with Crippen LogP contribution in [0.3, 0.4) is 0 Å². The van der Waals surface area contributed by atoms with E-state index < -0.39 is 0 Å². The van der Waals surface area contributed by atoms with Gasteiger partial charge in [0.2, 0.25) is 0 Å². The smallest absolute Gasteiger partial charge is 0.0974 e. The van der Waals surface area contributed by atoms with E-state index in [1.807, 2.05) is 24.3 Å². The molecule has 0 aliphatic rings. The zero-order chi connectivity index (χ0) is 27.1. The van der Waals surface area contributed by atoms with Crippen molar-refractivity contribution in [1.29, 1.82) is 0 Å². The predicted octanol–water partition coefficient (Wildman–Crippen LogP) is 13.2. The van der Waals surface area contributed by atoms with Crippen molar-refractivity contribution in [3.63, 3.8) is 0 Å². The van der Waals surface area contributed by atoms with Gasteiger partial charge in [0.25, 0.3) is 0 Å². The topological polar surface area (TPSA) is 25.8 Å². The third-order valence-corrected chi connectivity index (χ3v) is 9.10. The van der Waals surface area contributed by atoms with E-state index in [-0.39, 0.29) is 0 Å². The highest BCUT2D eigenvalue weighted by Gasteiger charge is 2.21. The Balaban J connectivity index is 1.93. The van der Waals surface area contributed by atoms with Crippen molar-refractivity contribution in [1.82, 2.24) is 9.97 Å². The van der Waals surface area contributed by atoms with Gasteiger partial charge in [0.1, 0.15) is 0 Å². The van der Waals surface area contributed by atoms with Crippen LogP contribution < -0.4 is 0 Å². The molecule has 5 aromatic rings. The molecule has 0 spiro atoms. The Morgan fingerprint density at radius 2 is 0.421 bits per heavy atom. The quantitative estimate of drug-likeness (QED) is 0.179. The van der Waals surface area contributed by atoms with Gasteiger partial charge < -0.3 is 0 Å². The summed E-state index contributed by atoms with van der Waals surface area (Å²) < 4.78 is 7.53. The second kappa shape index (κ2) is 12.3. The Bertz CT molecular complexity index is 1390. The third kappa shape index (κ3) is 6.81. The van der Waals surface area contributed by atoms with Crippen LogP contribution in [-0.4, -0.2) is 9.97 Å². The fraction of sp³-hybridized carbons (Fsp3) is 0. The Kier molecular flexibility index (Phi) is 9.52. The average molecular weight is 1020 g/mol. The minimum absolute atomic E-state index is 0.765. The molecule has 0 saturated heterocycles. The molecule has 38 heavy (non-hydrogen) atoms. The van der Waals surface area contributed by atoms with E-state index >= 15 is 0 Å². The van der Waals surface area contributed by atoms with E-state index in [2.05, 4.69) is 176 Å². The molecule has 0 N–H and O–H groups in total. The molecule has 4 aromatic carbocycles. The molecule has 2 nitrogen and oxygen atoms in total. The lowest BCUT2D eigenvalue weighted by Gasteiger charge is -2.17. The van der Waals surface area contributed by atoms with Crippen LogP contribution in [0.25, 0.3) is 45.0 Å². The van der Waals surface area contributed by atoms with Gasteiger partial charge in [-0.25, -0.2) is 9.97 Å². The van der Waals surface area contributed by atoms with Crippen LogP contribution in [0.1, 0.15) is 0 Å². The summed E-state index contributed by atoms with van der Waals surface area (Å²) in [5.74, 6) is 0. The van der Waals surface area contributed by atoms with E-state index in [0.29, 0.717) is 0 Å². The van der Waals surface area contributed by atoms with Crippen LogP contribution in [-0.2, 0) is 0 Å². The maximum absolute atomic E-state index is 5.34. The monoisotopic (exact) mass is 1010 g/mol. The molecule has 1 aromatic heterocycles. The van der Waals surface area contributed by atoms with Crippen molar-refractivity contribution in [3.05, 3.63) is 109 Å². The summed E-state index contributed by atoms with van der Waals surface area (Å²) in [4.78, 5) is 10.7. The molecule has 0 amide bonds. The number of hydrogen-bond acceptors (Lipinski definition) is 2. The Hall–Kier alpha value is -0.200. The lowest BCUT2D eigenvalue weighted by molar-refractivity contribution is 1.21. The summed E-state index contributed by atoms with van der Waals surface area (Å²) >= 11 is 29.2. The second-order valence-corrected chi connectivity index (χ2v) is 15.6. The van der Waals surface area contributed by atoms with E-state index in [4.69, 9.17) is 9.97 Å². The molecule has 0 fully saturated rings. The molecule has 1 heterocycles. The van der Waals surface area contributed by atoms with Crippen LogP contribution in [0.15, 0.2) is 109 Å². The molecular weight excluding hydrogens is 1000 g/mol. The first-order valence-electron chi connectivity index (χ1n) is 10.8. The Morgan fingerprint density at radius 1 is 0.263 bits per heavy atom. The second-order valence-electron chi connectivity index (χ2n) is 8.25. The fourth-order valence-electron chi connectivity index (χ4n) is 4.00. The Morgan fingerprint density at radius 3 is 0.579 bits per heavy atom. The van der Waals surface area contributed by atoms with Gasteiger partial charge in [-0.2, -0.15) is 0 Å². The Labute approximate surface area is 287 Å². The summed E-state index contributed by atoms with van der Waals surface area (Å²) in [5, 5.41) is 0. The highest BCUT2D eigenvalue weighted by Crippen LogP contribution is 2.41. The van der Waals surface area contributed by atoms with Crippen molar-refractivity contribution in [3.8, 4) is 45.0 Å². The van der Waals surface area contributed by atoms with Crippen LogP contribution in [0.2, 0.25) is 0 Å². The lowest BCUT2D eigenvalue weighted by Crippen LogP contribution is -2.01. The minimum Gasteiger partial charge on any atom is -0.243 e. The molecule has 0 aliphatic heterocycles. The molecule has 0 aliphatic carbocycles. The van der Waals surface area contributed by atoms with Gasteiger partial charge in [0.05, 0.1) is 22.8 Å². The number of aromatic nitrogens is 2. The summed E-state index contributed by atoms with van der Waals surface area (Å²) in [6, 6.07) is 24.5. The molecule has 0 radical (unpaired) electrons. The number of halogens is 8. The lowest BCUT2D eigenvalue weighted by atomic mass is 9.99. The van der Waals surface area contributed by atoms with Gasteiger partial charge in [-0.3, -0.25) is 0 Å². The van der Waals surface area contributed by atoms with Gasteiger partial charge in [0.15, 0.2) is 0 Å². The van der Waals surface area contributed by atoms with Crippen molar-refractivity contribution < 1.29 is 0 Å². The molecular formula is C28H12Br8N2. The zero-order valence-corrected chi connectivity index (χ0v) is 31.5. The largest absolute Gasteiger partial charge is 0.243 e. The maximum atomic E-state index is 5.34. The van der Waals surface area contributed by atoms with Crippen LogP contribution in [0.4, 0.5) is 0 Å². The fourth-order valence-corrected chi connectivity index (χ4v) is 9.18.